The highest BCUT2D eigenvalue weighted by Gasteiger charge is 2.44. The number of thiol groups is 1. The lowest BCUT2D eigenvalue weighted by Gasteiger charge is -2.47. The zero-order valence-electron chi connectivity index (χ0n) is 18.8. The molecule has 5 atom stereocenters. The van der Waals surface area contributed by atoms with E-state index in [1.807, 2.05) is 9.34 Å². The van der Waals surface area contributed by atoms with Crippen LogP contribution in [0.15, 0.2) is 0 Å². The van der Waals surface area contributed by atoms with Crippen LogP contribution in [0.25, 0.3) is 0 Å². The second kappa shape index (κ2) is 11.2. The Morgan fingerprint density at radius 2 is 1.61 bits per heavy atom. The van der Waals surface area contributed by atoms with Crippen LogP contribution in [0.3, 0.4) is 0 Å². The average molecular weight is 472 g/mol. The number of rotatable bonds is 7. The Kier molecular flexibility index (Phi) is 9.40. The topological polar surface area (TPSA) is 75.7 Å². The lowest BCUT2D eigenvalue weighted by atomic mass is 9.94. The maximum atomic E-state index is 14.4. The highest BCUT2D eigenvalue weighted by molar-refractivity contribution is 7.75. The first-order chi connectivity index (χ1) is 14.6. The molecule has 174 valence electrons. The molecule has 3 aliphatic rings. The van der Waals surface area contributed by atoms with Crippen molar-refractivity contribution in [1.29, 1.82) is 0 Å². The van der Waals surface area contributed by atoms with Crippen molar-refractivity contribution in [3.8, 4) is 0 Å². The maximum Gasteiger partial charge on any atom is 0.346 e. The van der Waals surface area contributed by atoms with Gasteiger partial charge < -0.3 is 23.5 Å². The number of morpholine rings is 2. The zero-order chi connectivity index (χ0) is 22.6. The van der Waals surface area contributed by atoms with Crippen LogP contribution < -0.4 is 5.32 Å². The first-order valence-electron chi connectivity index (χ1n) is 10.9. The summed E-state index contributed by atoms with van der Waals surface area (Å²) in [4.78, 5) is 2.27. The Balaban J connectivity index is 1.73. The molecule has 0 aromatic carbocycles. The number of hydrogen-bond donors (Lipinski definition) is 2. The highest BCUT2D eigenvalue weighted by Crippen LogP contribution is 2.55. The molecule has 0 amide bonds. The van der Waals surface area contributed by atoms with Gasteiger partial charge in [0.05, 0.1) is 25.4 Å². The first kappa shape index (κ1) is 26.0. The summed E-state index contributed by atoms with van der Waals surface area (Å²) in [7, 11) is 8.86. The lowest BCUT2D eigenvalue weighted by Crippen LogP contribution is -2.56. The summed E-state index contributed by atoms with van der Waals surface area (Å²) in [5.74, 6) is 0. The molecule has 3 fully saturated rings. The molecule has 0 spiro atoms. The van der Waals surface area contributed by atoms with Gasteiger partial charge >= 0.3 is 7.67 Å². The normalized spacial score (nSPS) is 34.5. The van der Waals surface area contributed by atoms with Crippen LogP contribution in [-0.2, 0) is 22.7 Å². The first-order valence-corrected chi connectivity index (χ1v) is 12.8. The van der Waals surface area contributed by atoms with Crippen molar-refractivity contribution in [3.05, 3.63) is 0 Å². The number of piperazine rings is 1. The summed E-state index contributed by atoms with van der Waals surface area (Å²) in [5.41, 5.74) is -0.0427. The molecule has 13 heteroatoms. The van der Waals surface area contributed by atoms with E-state index in [1.165, 1.54) is 0 Å². The predicted molar refractivity (Wildman–Crippen MR) is 125 cm³/mol. The third kappa shape index (κ3) is 6.94. The van der Waals surface area contributed by atoms with Gasteiger partial charge in [0.2, 0.25) is 0 Å². The Bertz CT molecular complexity index is 628. The van der Waals surface area contributed by atoms with Crippen LogP contribution in [-0.4, -0.2) is 125 Å². The van der Waals surface area contributed by atoms with E-state index in [4.69, 9.17) is 33.9 Å². The minimum Gasteiger partial charge on any atom is -0.380 e. The van der Waals surface area contributed by atoms with Crippen molar-refractivity contribution in [2.24, 2.45) is 0 Å². The third-order valence-corrected chi connectivity index (χ3v) is 8.60. The van der Waals surface area contributed by atoms with Gasteiger partial charge in [-0.25, -0.2) is 9.34 Å². The van der Waals surface area contributed by atoms with Gasteiger partial charge in [-0.2, -0.15) is 0 Å². The summed E-state index contributed by atoms with van der Waals surface area (Å²) >= 11 is 3.82. The van der Waals surface area contributed by atoms with Crippen LogP contribution in [0.5, 0.6) is 0 Å². The van der Waals surface area contributed by atoms with E-state index >= 15 is 0 Å². The SMILES string of the molecule is [B]C1CN(C(C)(C)C)CC(COP(=O)(N2CCNCC2)N2CC([B])OC(COS)C2)O1. The molecule has 31 heavy (non-hydrogen) atoms. The molecule has 9 nitrogen and oxygen atoms in total. The van der Waals surface area contributed by atoms with Crippen molar-refractivity contribution in [3.63, 3.8) is 0 Å². The second-order valence-electron chi connectivity index (χ2n) is 9.33. The average Bonchev–Trinajstić information content (AvgIpc) is 2.71. The van der Waals surface area contributed by atoms with Crippen molar-refractivity contribution in [1.82, 2.24) is 19.6 Å². The number of nitrogens with zero attached hydrogens (tertiary/aromatic N) is 3. The maximum absolute atomic E-state index is 14.4. The van der Waals surface area contributed by atoms with E-state index in [-0.39, 0.29) is 31.0 Å². The van der Waals surface area contributed by atoms with Gasteiger partial charge in [-0.1, -0.05) is 0 Å². The van der Waals surface area contributed by atoms with E-state index < -0.39 is 19.7 Å². The van der Waals surface area contributed by atoms with E-state index in [0.29, 0.717) is 39.3 Å². The fourth-order valence-electron chi connectivity index (χ4n) is 4.17. The second-order valence-corrected chi connectivity index (χ2v) is 12.0. The number of ether oxygens (including phenoxy) is 2. The van der Waals surface area contributed by atoms with E-state index in [9.17, 15) is 4.57 Å². The van der Waals surface area contributed by atoms with E-state index in [2.05, 4.69) is 43.9 Å². The monoisotopic (exact) mass is 472 g/mol. The molecule has 0 bridgehead atoms. The van der Waals surface area contributed by atoms with Gasteiger partial charge in [-0.3, -0.25) is 9.46 Å². The van der Waals surface area contributed by atoms with Crippen LogP contribution >= 0.6 is 20.6 Å². The summed E-state index contributed by atoms with van der Waals surface area (Å²) < 4.78 is 40.9. The van der Waals surface area contributed by atoms with Gasteiger partial charge in [0.1, 0.15) is 15.7 Å². The van der Waals surface area contributed by atoms with Gasteiger partial charge in [0, 0.05) is 69.9 Å². The molecule has 0 saturated carbocycles. The largest absolute Gasteiger partial charge is 0.380 e. The lowest BCUT2D eigenvalue weighted by molar-refractivity contribution is -0.0932. The van der Waals surface area contributed by atoms with Gasteiger partial charge in [-0.15, -0.1) is 0 Å². The molecule has 4 radical (unpaired) electrons. The van der Waals surface area contributed by atoms with E-state index in [0.717, 1.165) is 13.1 Å². The van der Waals surface area contributed by atoms with Gasteiger partial charge in [-0.05, 0) is 33.7 Å². The molecular weight excluding hydrogens is 437 g/mol. The fourth-order valence-corrected chi connectivity index (χ4v) is 6.84. The van der Waals surface area contributed by atoms with Crippen molar-refractivity contribution in [2.75, 3.05) is 65.6 Å². The predicted octanol–water partition coefficient (Wildman–Crippen LogP) is 0.0670. The molecular formula is C18H35B2N4O5PS. The molecule has 3 rings (SSSR count). The van der Waals surface area contributed by atoms with Crippen molar-refractivity contribution >= 4 is 36.3 Å². The fraction of sp³-hybridized carbons (Fsp3) is 1.00. The Labute approximate surface area is 194 Å². The molecule has 3 saturated heterocycles. The van der Waals surface area contributed by atoms with Crippen LogP contribution in [0.2, 0.25) is 0 Å². The van der Waals surface area contributed by atoms with Crippen LogP contribution in [0, 0.1) is 0 Å². The van der Waals surface area contributed by atoms with Crippen molar-refractivity contribution in [2.45, 2.75) is 50.5 Å². The molecule has 0 aromatic rings. The van der Waals surface area contributed by atoms with Crippen LogP contribution in [0.1, 0.15) is 20.8 Å². The minimum atomic E-state index is -3.37. The van der Waals surface area contributed by atoms with E-state index in [1.54, 1.807) is 0 Å². The summed E-state index contributed by atoms with van der Waals surface area (Å²) in [6.45, 7) is 11.6. The standard InChI is InChI=1S/C18H35B2N4O5PS/c1-18(2,3)22-8-14(28-16(19)10-22)12-26-30(25,23-6-4-21-5-7-23)24-9-15(13-27-31)29-17(20)11-24/h14-17,21,31H,4-13H2,1-3H3. The molecule has 0 aliphatic carbocycles. The molecule has 0 aromatic heterocycles. The molecule has 1 N–H and O–H groups in total. The summed E-state index contributed by atoms with van der Waals surface area (Å²) in [6.07, 6.45) is -0.609. The molecule has 3 heterocycles. The van der Waals surface area contributed by atoms with Crippen LogP contribution in [0.4, 0.5) is 0 Å². The minimum absolute atomic E-state index is 0.0427. The summed E-state index contributed by atoms with van der Waals surface area (Å²) in [6, 6.07) is -0.994. The van der Waals surface area contributed by atoms with Gasteiger partial charge in [0.15, 0.2) is 0 Å². The Morgan fingerprint density at radius 1 is 1.00 bits per heavy atom. The smallest absolute Gasteiger partial charge is 0.346 e. The molecule has 3 aliphatic heterocycles. The summed E-state index contributed by atoms with van der Waals surface area (Å²) in [5, 5.41) is 3.30. The highest BCUT2D eigenvalue weighted by atomic mass is 32.1. The van der Waals surface area contributed by atoms with Gasteiger partial charge in [0.25, 0.3) is 0 Å². The number of hydrogen-bond acceptors (Lipinski definition) is 8. The Hall–Kier alpha value is 0.390. The van der Waals surface area contributed by atoms with Crippen molar-refractivity contribution < 1.29 is 22.7 Å². The third-order valence-electron chi connectivity index (χ3n) is 5.81. The Morgan fingerprint density at radius 3 is 2.23 bits per heavy atom. The zero-order valence-corrected chi connectivity index (χ0v) is 20.6. The quantitative estimate of drug-likeness (QED) is 0.232. The number of nitrogens with one attached hydrogen (secondary N) is 1. The molecule has 5 unspecified atom stereocenters.